The average molecular weight is 281 g/mol. The second kappa shape index (κ2) is 5.07. The molecule has 0 amide bonds. The van der Waals surface area contributed by atoms with Crippen LogP contribution in [0.1, 0.15) is 5.56 Å². The molecule has 0 spiro atoms. The van der Waals surface area contributed by atoms with Crippen LogP contribution in [0.25, 0.3) is 0 Å². The molecule has 2 aromatic rings. The van der Waals surface area contributed by atoms with Gasteiger partial charge >= 0.3 is 0 Å². The minimum atomic E-state index is -0.488. The predicted octanol–water partition coefficient (Wildman–Crippen LogP) is 1.44. The van der Waals surface area contributed by atoms with E-state index in [0.717, 1.165) is 5.56 Å². The van der Waals surface area contributed by atoms with Crippen molar-refractivity contribution in [3.63, 3.8) is 0 Å². The standard InChI is InChI=1S/C11H9ClN4O3/c12-10-9(13)11(17)15(6-14-10)5-7-1-3-8(4-2-7)16(18)19/h1-4,6H,5,13H2. The highest BCUT2D eigenvalue weighted by molar-refractivity contribution is 6.31. The van der Waals surface area contributed by atoms with Gasteiger partial charge in [-0.2, -0.15) is 0 Å². The van der Waals surface area contributed by atoms with Crippen LogP contribution in [-0.2, 0) is 6.54 Å². The van der Waals surface area contributed by atoms with E-state index in [2.05, 4.69) is 4.98 Å². The topological polar surface area (TPSA) is 104 Å². The first-order valence-corrected chi connectivity index (χ1v) is 5.60. The molecule has 0 saturated carbocycles. The first kappa shape index (κ1) is 13.0. The average Bonchev–Trinajstić information content (AvgIpc) is 2.40. The molecule has 0 fully saturated rings. The van der Waals surface area contributed by atoms with E-state index >= 15 is 0 Å². The zero-order valence-electron chi connectivity index (χ0n) is 9.62. The summed E-state index contributed by atoms with van der Waals surface area (Å²) in [4.78, 5) is 25.6. The summed E-state index contributed by atoms with van der Waals surface area (Å²) in [7, 11) is 0. The summed E-state index contributed by atoms with van der Waals surface area (Å²) in [5, 5.41) is 10.5. The molecular formula is C11H9ClN4O3. The van der Waals surface area contributed by atoms with Crippen LogP contribution in [0.4, 0.5) is 11.4 Å². The fourth-order valence-electron chi connectivity index (χ4n) is 1.52. The Morgan fingerprint density at radius 1 is 1.37 bits per heavy atom. The first-order chi connectivity index (χ1) is 8.99. The van der Waals surface area contributed by atoms with Crippen LogP contribution >= 0.6 is 11.6 Å². The van der Waals surface area contributed by atoms with Gasteiger partial charge in [0, 0.05) is 12.1 Å². The summed E-state index contributed by atoms with van der Waals surface area (Å²) in [6.07, 6.45) is 1.28. The highest BCUT2D eigenvalue weighted by Gasteiger charge is 2.08. The number of aromatic nitrogens is 2. The number of hydrogen-bond donors (Lipinski definition) is 1. The highest BCUT2D eigenvalue weighted by Crippen LogP contribution is 2.13. The van der Waals surface area contributed by atoms with E-state index in [0.29, 0.717) is 0 Å². The normalized spacial score (nSPS) is 10.4. The Morgan fingerprint density at radius 2 is 2.00 bits per heavy atom. The number of benzene rings is 1. The number of nitrogens with zero attached hydrogens (tertiary/aromatic N) is 3. The van der Waals surface area contributed by atoms with Crippen molar-refractivity contribution < 1.29 is 4.92 Å². The number of nitrogens with two attached hydrogens (primary N) is 1. The molecule has 19 heavy (non-hydrogen) atoms. The third-order valence-electron chi connectivity index (χ3n) is 2.52. The van der Waals surface area contributed by atoms with E-state index in [9.17, 15) is 14.9 Å². The maximum Gasteiger partial charge on any atom is 0.278 e. The van der Waals surface area contributed by atoms with Crippen LogP contribution in [0.3, 0.4) is 0 Å². The lowest BCUT2D eigenvalue weighted by atomic mass is 10.2. The predicted molar refractivity (Wildman–Crippen MR) is 70.1 cm³/mol. The number of rotatable bonds is 3. The van der Waals surface area contributed by atoms with Crippen molar-refractivity contribution in [2.45, 2.75) is 6.54 Å². The molecule has 0 bridgehead atoms. The first-order valence-electron chi connectivity index (χ1n) is 5.23. The molecule has 1 aromatic heterocycles. The molecule has 0 atom stereocenters. The number of nitrogen functional groups attached to an aromatic ring is 1. The molecule has 0 aliphatic heterocycles. The summed E-state index contributed by atoms with van der Waals surface area (Å²) in [5.74, 6) is 0. The summed E-state index contributed by atoms with van der Waals surface area (Å²) in [6.45, 7) is 0.213. The second-order valence-electron chi connectivity index (χ2n) is 3.81. The molecule has 0 aliphatic rings. The van der Waals surface area contributed by atoms with Crippen molar-refractivity contribution in [1.29, 1.82) is 0 Å². The van der Waals surface area contributed by atoms with Gasteiger partial charge in [-0.25, -0.2) is 4.98 Å². The van der Waals surface area contributed by atoms with Crippen molar-refractivity contribution in [2.24, 2.45) is 0 Å². The van der Waals surface area contributed by atoms with Crippen molar-refractivity contribution in [2.75, 3.05) is 5.73 Å². The summed E-state index contributed by atoms with van der Waals surface area (Å²) in [5.41, 5.74) is 5.63. The molecule has 0 radical (unpaired) electrons. The summed E-state index contributed by atoms with van der Waals surface area (Å²) < 4.78 is 1.28. The van der Waals surface area contributed by atoms with Crippen LogP contribution in [0.5, 0.6) is 0 Å². The number of halogens is 1. The second-order valence-corrected chi connectivity index (χ2v) is 4.16. The summed E-state index contributed by atoms with van der Waals surface area (Å²) >= 11 is 5.62. The molecule has 0 saturated heterocycles. The molecule has 1 heterocycles. The zero-order valence-corrected chi connectivity index (χ0v) is 10.4. The van der Waals surface area contributed by atoms with Gasteiger partial charge in [-0.1, -0.05) is 23.7 Å². The molecule has 2 N–H and O–H groups in total. The lowest BCUT2D eigenvalue weighted by Crippen LogP contribution is -2.24. The molecule has 2 rings (SSSR count). The third kappa shape index (κ3) is 2.71. The number of nitro benzene ring substituents is 1. The molecular weight excluding hydrogens is 272 g/mol. The van der Waals surface area contributed by atoms with Gasteiger partial charge in [0.25, 0.3) is 11.2 Å². The highest BCUT2D eigenvalue weighted by atomic mass is 35.5. The fourth-order valence-corrected chi connectivity index (χ4v) is 1.64. The Hall–Kier alpha value is -2.41. The lowest BCUT2D eigenvalue weighted by molar-refractivity contribution is -0.384. The van der Waals surface area contributed by atoms with Crippen molar-refractivity contribution in [3.8, 4) is 0 Å². The van der Waals surface area contributed by atoms with Crippen LogP contribution in [0.2, 0.25) is 5.15 Å². The van der Waals surface area contributed by atoms with E-state index < -0.39 is 10.5 Å². The fraction of sp³-hybridized carbons (Fsp3) is 0.0909. The van der Waals surface area contributed by atoms with E-state index in [1.165, 1.54) is 23.0 Å². The molecule has 0 unspecified atom stereocenters. The van der Waals surface area contributed by atoms with E-state index in [1.54, 1.807) is 12.1 Å². The quantitative estimate of drug-likeness (QED) is 0.520. The van der Waals surface area contributed by atoms with E-state index in [1.807, 2.05) is 0 Å². The van der Waals surface area contributed by atoms with Crippen LogP contribution in [0, 0.1) is 10.1 Å². The van der Waals surface area contributed by atoms with Gasteiger partial charge in [0.15, 0.2) is 5.15 Å². The van der Waals surface area contributed by atoms with E-state index in [4.69, 9.17) is 17.3 Å². The van der Waals surface area contributed by atoms with E-state index in [-0.39, 0.29) is 23.1 Å². The molecule has 8 heteroatoms. The molecule has 7 nitrogen and oxygen atoms in total. The minimum absolute atomic E-state index is 0.00941. The maximum atomic E-state index is 11.8. The molecule has 98 valence electrons. The Kier molecular flexibility index (Phi) is 3.48. The minimum Gasteiger partial charge on any atom is -0.392 e. The number of non-ortho nitro benzene ring substituents is 1. The van der Waals surface area contributed by atoms with Gasteiger partial charge in [0.2, 0.25) is 0 Å². The van der Waals surface area contributed by atoms with Crippen LogP contribution < -0.4 is 11.3 Å². The van der Waals surface area contributed by atoms with Crippen molar-refractivity contribution in [3.05, 3.63) is 61.8 Å². The number of nitro groups is 1. The number of anilines is 1. The van der Waals surface area contributed by atoms with Gasteiger partial charge in [0.05, 0.1) is 17.8 Å². The van der Waals surface area contributed by atoms with Crippen molar-refractivity contribution in [1.82, 2.24) is 9.55 Å². The van der Waals surface area contributed by atoms with Gasteiger partial charge in [-0.3, -0.25) is 19.5 Å². The Bertz CT molecular complexity index is 681. The molecule has 0 aliphatic carbocycles. The van der Waals surface area contributed by atoms with Gasteiger partial charge in [0.1, 0.15) is 5.69 Å². The van der Waals surface area contributed by atoms with Gasteiger partial charge in [-0.05, 0) is 5.56 Å². The van der Waals surface area contributed by atoms with Crippen LogP contribution in [-0.4, -0.2) is 14.5 Å². The maximum absolute atomic E-state index is 11.8. The van der Waals surface area contributed by atoms with Crippen molar-refractivity contribution >= 4 is 23.0 Å². The van der Waals surface area contributed by atoms with Crippen LogP contribution in [0.15, 0.2) is 35.4 Å². The van der Waals surface area contributed by atoms with Gasteiger partial charge in [-0.15, -0.1) is 0 Å². The smallest absolute Gasteiger partial charge is 0.278 e. The SMILES string of the molecule is Nc1c(Cl)ncn(Cc2ccc([N+](=O)[O-])cc2)c1=O. The Morgan fingerprint density at radius 3 is 2.58 bits per heavy atom. The Labute approximate surface area is 112 Å². The third-order valence-corrected chi connectivity index (χ3v) is 2.83. The Balaban J connectivity index is 2.29. The summed E-state index contributed by atoms with van der Waals surface area (Å²) in [6, 6.07) is 5.87. The number of hydrogen-bond acceptors (Lipinski definition) is 5. The van der Waals surface area contributed by atoms with Gasteiger partial charge < -0.3 is 5.73 Å². The monoisotopic (exact) mass is 280 g/mol. The zero-order chi connectivity index (χ0) is 14.0. The lowest BCUT2D eigenvalue weighted by Gasteiger charge is -2.06. The largest absolute Gasteiger partial charge is 0.392 e. The molecule has 1 aromatic carbocycles.